The van der Waals surface area contributed by atoms with Gasteiger partial charge in [-0.25, -0.2) is 4.39 Å². The Balaban J connectivity index is 1.58. The van der Waals surface area contributed by atoms with E-state index in [1.165, 1.54) is 17.7 Å². The van der Waals surface area contributed by atoms with Crippen LogP contribution in [-0.4, -0.2) is 35.7 Å². The second kappa shape index (κ2) is 7.65. The van der Waals surface area contributed by atoms with Crippen LogP contribution < -0.4 is 5.32 Å². The van der Waals surface area contributed by atoms with Crippen molar-refractivity contribution >= 4 is 11.3 Å². The van der Waals surface area contributed by atoms with E-state index in [2.05, 4.69) is 51.3 Å². The van der Waals surface area contributed by atoms with Crippen molar-refractivity contribution in [2.24, 2.45) is 0 Å². The van der Waals surface area contributed by atoms with Crippen LogP contribution in [0.3, 0.4) is 0 Å². The van der Waals surface area contributed by atoms with Crippen molar-refractivity contribution in [2.45, 2.75) is 12.6 Å². The van der Waals surface area contributed by atoms with E-state index >= 15 is 0 Å². The van der Waals surface area contributed by atoms with Crippen molar-refractivity contribution in [1.29, 1.82) is 0 Å². The van der Waals surface area contributed by atoms with Crippen molar-refractivity contribution < 1.29 is 8.81 Å². The van der Waals surface area contributed by atoms with Crippen LogP contribution in [0.1, 0.15) is 17.5 Å². The second-order valence-corrected chi connectivity index (χ2v) is 6.45. The van der Waals surface area contributed by atoms with Crippen LogP contribution in [0.4, 0.5) is 4.39 Å². The van der Waals surface area contributed by atoms with Gasteiger partial charge in [-0.3, -0.25) is 0 Å². The zero-order valence-electron chi connectivity index (χ0n) is 13.6. The Hall–Kier alpha value is -2.09. The third-order valence-electron chi connectivity index (χ3n) is 3.72. The van der Waals surface area contributed by atoms with Crippen molar-refractivity contribution in [2.75, 3.05) is 20.6 Å². The maximum atomic E-state index is 13.0. The number of likely N-dealkylation sites (N-methyl/N-ethyl adjacent to an activating group) is 1. The molecule has 0 saturated heterocycles. The van der Waals surface area contributed by atoms with E-state index in [4.69, 9.17) is 4.42 Å². The predicted molar refractivity (Wildman–Crippen MR) is 92.1 cm³/mol. The van der Waals surface area contributed by atoms with Crippen molar-refractivity contribution in [3.63, 3.8) is 0 Å². The lowest BCUT2D eigenvalue weighted by Gasteiger charge is -2.23. The molecule has 0 aliphatic carbocycles. The number of hydrogen-bond donors (Lipinski definition) is 1. The van der Waals surface area contributed by atoms with Crippen molar-refractivity contribution in [3.8, 4) is 11.5 Å². The molecule has 0 saturated carbocycles. The van der Waals surface area contributed by atoms with Crippen molar-refractivity contribution in [3.05, 3.63) is 58.4 Å². The molecule has 2 heterocycles. The maximum Gasteiger partial charge on any atom is 0.247 e. The number of nitrogens with one attached hydrogen (secondary N) is 1. The molecule has 0 radical (unpaired) electrons. The fourth-order valence-corrected chi connectivity index (χ4v) is 3.12. The van der Waals surface area contributed by atoms with Gasteiger partial charge in [0.25, 0.3) is 0 Å². The highest BCUT2D eigenvalue weighted by molar-refractivity contribution is 7.07. The number of hydrogen-bond acceptors (Lipinski definition) is 6. The minimum atomic E-state index is -0.289. The summed E-state index contributed by atoms with van der Waals surface area (Å²) in [5, 5.41) is 15.6. The normalized spacial score (nSPS) is 12.7. The molecule has 0 aliphatic heterocycles. The summed E-state index contributed by atoms with van der Waals surface area (Å²) in [5.41, 5.74) is 2.00. The molecule has 0 aliphatic rings. The third kappa shape index (κ3) is 4.05. The first-order chi connectivity index (χ1) is 11.6. The highest BCUT2D eigenvalue weighted by Gasteiger charge is 2.15. The molecule has 0 spiro atoms. The fourth-order valence-electron chi connectivity index (χ4n) is 2.41. The number of benzene rings is 1. The van der Waals surface area contributed by atoms with Crippen LogP contribution in [0.15, 0.2) is 45.5 Å². The van der Waals surface area contributed by atoms with E-state index in [-0.39, 0.29) is 11.9 Å². The van der Waals surface area contributed by atoms with E-state index in [9.17, 15) is 4.39 Å². The molecule has 24 heavy (non-hydrogen) atoms. The van der Waals surface area contributed by atoms with Gasteiger partial charge >= 0.3 is 0 Å². The second-order valence-electron chi connectivity index (χ2n) is 5.67. The molecule has 1 aromatic carbocycles. The Kier molecular flexibility index (Phi) is 5.34. The molecule has 1 atom stereocenters. The molecule has 126 valence electrons. The third-order valence-corrected chi connectivity index (χ3v) is 4.42. The molecular weight excluding hydrogens is 327 g/mol. The Morgan fingerprint density at radius 2 is 2.00 bits per heavy atom. The molecule has 5 nitrogen and oxygen atoms in total. The number of aromatic nitrogens is 2. The highest BCUT2D eigenvalue weighted by Crippen LogP contribution is 2.21. The Morgan fingerprint density at radius 3 is 2.67 bits per heavy atom. The summed E-state index contributed by atoms with van der Waals surface area (Å²) in [5.74, 6) is 0.620. The van der Waals surface area contributed by atoms with Crippen LogP contribution in [0.5, 0.6) is 0 Å². The van der Waals surface area contributed by atoms with Gasteiger partial charge in [0.1, 0.15) is 5.82 Å². The molecule has 0 fully saturated rings. The van der Waals surface area contributed by atoms with Crippen LogP contribution in [0.25, 0.3) is 11.5 Å². The maximum absolute atomic E-state index is 13.0. The summed E-state index contributed by atoms with van der Waals surface area (Å²) in [4.78, 5) is 2.17. The first-order valence-electron chi connectivity index (χ1n) is 7.61. The van der Waals surface area contributed by atoms with Crippen molar-refractivity contribution in [1.82, 2.24) is 20.4 Å². The van der Waals surface area contributed by atoms with Crippen LogP contribution in [0.2, 0.25) is 0 Å². The zero-order valence-corrected chi connectivity index (χ0v) is 14.4. The van der Waals surface area contributed by atoms with Gasteiger partial charge < -0.3 is 14.6 Å². The lowest BCUT2D eigenvalue weighted by molar-refractivity contribution is 0.285. The van der Waals surface area contributed by atoms with Gasteiger partial charge in [-0.15, -0.1) is 10.2 Å². The van der Waals surface area contributed by atoms with E-state index in [1.807, 2.05) is 0 Å². The smallest absolute Gasteiger partial charge is 0.247 e. The molecule has 0 bridgehead atoms. The van der Waals surface area contributed by atoms with Gasteiger partial charge in [0.2, 0.25) is 11.8 Å². The van der Waals surface area contributed by atoms with Gasteiger partial charge in [0.15, 0.2) is 0 Å². The summed E-state index contributed by atoms with van der Waals surface area (Å²) in [7, 11) is 4.12. The van der Waals surface area contributed by atoms with Crippen LogP contribution in [0, 0.1) is 5.82 Å². The van der Waals surface area contributed by atoms with E-state index in [0.717, 1.165) is 6.54 Å². The Labute approximate surface area is 144 Å². The van der Waals surface area contributed by atoms with Gasteiger partial charge in [0, 0.05) is 18.2 Å². The van der Waals surface area contributed by atoms with Crippen LogP contribution >= 0.6 is 11.3 Å². The highest BCUT2D eigenvalue weighted by atomic mass is 32.1. The lowest BCUT2D eigenvalue weighted by atomic mass is 10.1. The molecule has 0 amide bonds. The Bertz CT molecular complexity index is 755. The number of halogens is 1. The summed E-state index contributed by atoms with van der Waals surface area (Å²) < 4.78 is 18.6. The monoisotopic (exact) mass is 346 g/mol. The van der Waals surface area contributed by atoms with E-state index in [1.54, 1.807) is 23.5 Å². The molecule has 7 heteroatoms. The standard InChI is InChI=1S/C17H19FN4OS/c1-22(2)15(13-7-8-24-11-13)9-19-10-16-20-21-17(23-16)12-3-5-14(18)6-4-12/h3-8,11,15,19H,9-10H2,1-2H3. The first-order valence-corrected chi connectivity index (χ1v) is 8.55. The quantitative estimate of drug-likeness (QED) is 0.711. The summed E-state index contributed by atoms with van der Waals surface area (Å²) >= 11 is 1.70. The molecule has 2 aromatic heterocycles. The molecule has 1 N–H and O–H groups in total. The van der Waals surface area contributed by atoms with E-state index in [0.29, 0.717) is 23.9 Å². The number of thiophene rings is 1. The van der Waals surface area contributed by atoms with E-state index < -0.39 is 0 Å². The minimum absolute atomic E-state index is 0.288. The number of rotatable bonds is 7. The predicted octanol–water partition coefficient (Wildman–Crippen LogP) is 3.33. The van der Waals surface area contributed by atoms with Gasteiger partial charge in [0.05, 0.1) is 6.54 Å². The summed E-state index contributed by atoms with van der Waals surface area (Å²) in [6.45, 7) is 1.26. The topological polar surface area (TPSA) is 54.2 Å². The average molecular weight is 346 g/mol. The summed E-state index contributed by atoms with van der Waals surface area (Å²) in [6.07, 6.45) is 0. The minimum Gasteiger partial charge on any atom is -0.419 e. The largest absolute Gasteiger partial charge is 0.419 e. The molecular formula is C17H19FN4OS. The summed E-state index contributed by atoms with van der Waals surface area (Å²) in [6, 6.07) is 8.42. The van der Waals surface area contributed by atoms with Gasteiger partial charge in [-0.05, 0) is 60.8 Å². The Morgan fingerprint density at radius 1 is 1.21 bits per heavy atom. The SMILES string of the molecule is CN(C)C(CNCc1nnc(-c2ccc(F)cc2)o1)c1ccsc1. The molecule has 3 rings (SSSR count). The van der Waals surface area contributed by atoms with Gasteiger partial charge in [-0.1, -0.05) is 0 Å². The molecule has 3 aromatic rings. The zero-order chi connectivity index (χ0) is 16.9. The average Bonchev–Trinajstić information content (AvgIpc) is 3.24. The fraction of sp³-hybridized carbons (Fsp3) is 0.294. The van der Waals surface area contributed by atoms with Crippen LogP contribution in [-0.2, 0) is 6.54 Å². The van der Waals surface area contributed by atoms with Gasteiger partial charge in [-0.2, -0.15) is 11.3 Å². The lowest BCUT2D eigenvalue weighted by Crippen LogP contribution is -2.30. The number of nitrogens with zero attached hydrogens (tertiary/aromatic N) is 3. The first kappa shape index (κ1) is 16.8. The molecule has 1 unspecified atom stereocenters.